The number of nitrogens with zero attached hydrogens (tertiary/aromatic N) is 1. The van der Waals surface area contributed by atoms with Crippen molar-refractivity contribution in [1.29, 1.82) is 0 Å². The monoisotopic (exact) mass is 463 g/mol. The molecule has 3 heteroatoms. The van der Waals surface area contributed by atoms with Gasteiger partial charge in [0.05, 0.1) is 6.04 Å². The lowest BCUT2D eigenvalue weighted by atomic mass is 9.93. The molecule has 1 amide bonds. The van der Waals surface area contributed by atoms with Gasteiger partial charge in [-0.1, -0.05) is 92.7 Å². The molecule has 2 unspecified atom stereocenters. The summed E-state index contributed by atoms with van der Waals surface area (Å²) in [6.45, 7) is 4.90. The predicted octanol–water partition coefficient (Wildman–Crippen LogP) is 7.45. The number of rotatable bonds is 5. The SMILES string of the molecule is CC(C)Cc1ccc(C2=CC3CCC(C2)N3C(=O)OCC2c3ccccc3-c3ccccc32)cc1. The molecule has 0 radical (unpaired) electrons. The lowest BCUT2D eigenvalue weighted by Gasteiger charge is -2.33. The molecule has 3 aromatic carbocycles. The summed E-state index contributed by atoms with van der Waals surface area (Å²) in [6, 6.07) is 26.4. The summed E-state index contributed by atoms with van der Waals surface area (Å²) in [6.07, 6.45) is 6.22. The lowest BCUT2D eigenvalue weighted by Crippen LogP contribution is -2.43. The number of ether oxygens (including phenoxy) is 1. The molecule has 2 heterocycles. The molecular formula is C32H33NO2. The van der Waals surface area contributed by atoms with Crippen molar-refractivity contribution in [3.05, 3.63) is 101 Å². The van der Waals surface area contributed by atoms with Crippen molar-refractivity contribution < 1.29 is 9.53 Å². The Morgan fingerprint density at radius 3 is 2.20 bits per heavy atom. The van der Waals surface area contributed by atoms with Crippen LogP contribution in [0.4, 0.5) is 4.79 Å². The first kappa shape index (κ1) is 22.2. The van der Waals surface area contributed by atoms with E-state index in [1.165, 1.54) is 39.0 Å². The van der Waals surface area contributed by atoms with Crippen LogP contribution in [0.3, 0.4) is 0 Å². The average Bonchev–Trinajstić information content (AvgIpc) is 3.33. The molecule has 0 spiro atoms. The maximum absolute atomic E-state index is 13.3. The fourth-order valence-corrected chi connectivity index (χ4v) is 6.32. The van der Waals surface area contributed by atoms with Crippen LogP contribution in [0.1, 0.15) is 61.3 Å². The Hall–Kier alpha value is -3.33. The van der Waals surface area contributed by atoms with Crippen LogP contribution >= 0.6 is 0 Å². The second-order valence-corrected chi connectivity index (χ2v) is 10.7. The van der Waals surface area contributed by atoms with E-state index in [9.17, 15) is 4.79 Å². The molecule has 6 rings (SSSR count). The fourth-order valence-electron chi connectivity index (χ4n) is 6.32. The summed E-state index contributed by atoms with van der Waals surface area (Å²) in [5, 5.41) is 0. The highest BCUT2D eigenvalue weighted by Crippen LogP contribution is 2.45. The quantitative estimate of drug-likeness (QED) is 0.393. The van der Waals surface area contributed by atoms with Crippen LogP contribution in [0.2, 0.25) is 0 Å². The van der Waals surface area contributed by atoms with Crippen LogP contribution in [0, 0.1) is 5.92 Å². The van der Waals surface area contributed by atoms with E-state index in [0.29, 0.717) is 12.5 Å². The minimum atomic E-state index is -0.165. The van der Waals surface area contributed by atoms with E-state index >= 15 is 0 Å². The van der Waals surface area contributed by atoms with Crippen molar-refractivity contribution in [2.75, 3.05) is 6.61 Å². The van der Waals surface area contributed by atoms with E-state index in [0.717, 1.165) is 25.7 Å². The molecule has 0 aromatic heterocycles. The van der Waals surface area contributed by atoms with Crippen molar-refractivity contribution in [3.63, 3.8) is 0 Å². The van der Waals surface area contributed by atoms with Gasteiger partial charge in [0.1, 0.15) is 6.61 Å². The number of hydrogen-bond donors (Lipinski definition) is 0. The van der Waals surface area contributed by atoms with Gasteiger partial charge < -0.3 is 4.74 Å². The topological polar surface area (TPSA) is 29.5 Å². The van der Waals surface area contributed by atoms with Crippen LogP contribution in [0.25, 0.3) is 16.7 Å². The van der Waals surface area contributed by atoms with Crippen LogP contribution in [-0.4, -0.2) is 29.7 Å². The highest BCUT2D eigenvalue weighted by Gasteiger charge is 2.41. The zero-order chi connectivity index (χ0) is 23.9. The minimum absolute atomic E-state index is 0.101. The Labute approximate surface area is 208 Å². The molecule has 2 aliphatic heterocycles. The Morgan fingerprint density at radius 2 is 1.57 bits per heavy atom. The molecule has 0 N–H and O–H groups in total. The minimum Gasteiger partial charge on any atom is -0.448 e. The van der Waals surface area contributed by atoms with Crippen LogP contribution in [0.5, 0.6) is 0 Å². The van der Waals surface area contributed by atoms with Gasteiger partial charge in [-0.3, -0.25) is 4.90 Å². The zero-order valence-electron chi connectivity index (χ0n) is 20.6. The molecule has 35 heavy (non-hydrogen) atoms. The van der Waals surface area contributed by atoms with E-state index in [1.54, 1.807) is 0 Å². The summed E-state index contributed by atoms with van der Waals surface area (Å²) >= 11 is 0. The third-order valence-corrected chi connectivity index (χ3v) is 7.91. The molecular weight excluding hydrogens is 430 g/mol. The largest absolute Gasteiger partial charge is 0.448 e. The van der Waals surface area contributed by atoms with Crippen molar-refractivity contribution in [3.8, 4) is 11.1 Å². The second kappa shape index (κ2) is 9.03. The molecule has 3 aliphatic rings. The Bertz CT molecular complexity index is 1230. The van der Waals surface area contributed by atoms with Gasteiger partial charge in [0.2, 0.25) is 0 Å². The van der Waals surface area contributed by atoms with Gasteiger partial charge in [-0.05, 0) is 70.6 Å². The first-order valence-electron chi connectivity index (χ1n) is 13.0. The van der Waals surface area contributed by atoms with E-state index in [2.05, 4.69) is 92.7 Å². The molecule has 1 saturated heterocycles. The first-order chi connectivity index (χ1) is 17.1. The summed E-state index contributed by atoms with van der Waals surface area (Å²) in [7, 11) is 0. The highest BCUT2D eigenvalue weighted by molar-refractivity contribution is 5.79. The van der Waals surface area contributed by atoms with Crippen molar-refractivity contribution in [1.82, 2.24) is 4.90 Å². The van der Waals surface area contributed by atoms with E-state index < -0.39 is 0 Å². The predicted molar refractivity (Wildman–Crippen MR) is 141 cm³/mol. The van der Waals surface area contributed by atoms with E-state index in [-0.39, 0.29) is 24.1 Å². The third-order valence-electron chi connectivity index (χ3n) is 7.91. The van der Waals surface area contributed by atoms with Crippen LogP contribution < -0.4 is 0 Å². The standard InChI is InChI=1S/C32H33NO2/c1-21(2)17-22-11-13-23(14-12-22)24-18-25-15-16-26(19-24)33(25)32(34)35-20-31-29-9-5-3-7-27(29)28-8-4-6-10-30(28)31/h3-14,18,21,25-26,31H,15-17,19-20H2,1-2H3. The van der Waals surface area contributed by atoms with Gasteiger partial charge >= 0.3 is 6.09 Å². The number of amides is 1. The summed E-state index contributed by atoms with van der Waals surface area (Å²) in [4.78, 5) is 15.3. The Balaban J connectivity index is 1.16. The van der Waals surface area contributed by atoms with Gasteiger partial charge in [0.25, 0.3) is 0 Å². The molecule has 2 bridgehead atoms. The maximum atomic E-state index is 13.3. The van der Waals surface area contributed by atoms with Crippen LogP contribution in [0.15, 0.2) is 78.9 Å². The highest BCUT2D eigenvalue weighted by atomic mass is 16.6. The lowest BCUT2D eigenvalue weighted by molar-refractivity contribution is 0.0866. The number of carbonyl (C=O) groups is 1. The molecule has 2 atom stereocenters. The smallest absolute Gasteiger partial charge is 0.410 e. The number of benzene rings is 3. The van der Waals surface area contributed by atoms with Crippen molar-refractivity contribution >= 4 is 11.7 Å². The maximum Gasteiger partial charge on any atom is 0.410 e. The molecule has 0 saturated carbocycles. The van der Waals surface area contributed by atoms with E-state index in [4.69, 9.17) is 4.74 Å². The molecule has 1 fully saturated rings. The third kappa shape index (κ3) is 4.07. The average molecular weight is 464 g/mol. The number of hydrogen-bond acceptors (Lipinski definition) is 2. The molecule has 1 aliphatic carbocycles. The molecule has 178 valence electrons. The van der Waals surface area contributed by atoms with E-state index in [1.807, 2.05) is 4.90 Å². The summed E-state index contributed by atoms with van der Waals surface area (Å²) < 4.78 is 6.01. The van der Waals surface area contributed by atoms with Gasteiger partial charge in [0, 0.05) is 12.0 Å². The normalized spacial score (nSPS) is 20.5. The molecule has 3 nitrogen and oxygen atoms in total. The summed E-state index contributed by atoms with van der Waals surface area (Å²) in [5.41, 5.74) is 9.09. The van der Waals surface area contributed by atoms with Crippen molar-refractivity contribution in [2.45, 2.75) is 57.5 Å². The summed E-state index contributed by atoms with van der Waals surface area (Å²) in [5.74, 6) is 0.764. The number of fused-ring (bicyclic) bond motifs is 5. The van der Waals surface area contributed by atoms with Gasteiger partial charge in [-0.25, -0.2) is 4.79 Å². The van der Waals surface area contributed by atoms with Crippen LogP contribution in [-0.2, 0) is 11.2 Å². The van der Waals surface area contributed by atoms with Gasteiger partial charge in [-0.15, -0.1) is 0 Å². The van der Waals surface area contributed by atoms with Gasteiger partial charge in [-0.2, -0.15) is 0 Å². The zero-order valence-corrected chi connectivity index (χ0v) is 20.6. The number of carbonyl (C=O) groups excluding carboxylic acids is 1. The first-order valence-corrected chi connectivity index (χ1v) is 13.0. The van der Waals surface area contributed by atoms with Gasteiger partial charge in [0.15, 0.2) is 0 Å². The molecule has 3 aromatic rings. The fraction of sp³-hybridized carbons (Fsp3) is 0.344. The second-order valence-electron chi connectivity index (χ2n) is 10.7. The van der Waals surface area contributed by atoms with Crippen molar-refractivity contribution in [2.24, 2.45) is 5.92 Å². The Morgan fingerprint density at radius 1 is 0.914 bits per heavy atom. The Kier molecular flexibility index (Phi) is 5.72.